The molecule has 2 aromatic rings. The van der Waals surface area contributed by atoms with Gasteiger partial charge in [0.2, 0.25) is 0 Å². The summed E-state index contributed by atoms with van der Waals surface area (Å²) in [5.74, 6) is 0.871. The molecule has 0 aliphatic heterocycles. The Balaban J connectivity index is 2.13. The van der Waals surface area contributed by atoms with Gasteiger partial charge >= 0.3 is 0 Å². The van der Waals surface area contributed by atoms with E-state index in [4.69, 9.17) is 10.5 Å². The van der Waals surface area contributed by atoms with Crippen LogP contribution in [-0.4, -0.2) is 19.1 Å². The van der Waals surface area contributed by atoms with E-state index < -0.39 is 0 Å². The Morgan fingerprint density at radius 1 is 1.21 bits per heavy atom. The van der Waals surface area contributed by atoms with Gasteiger partial charge in [0.05, 0.1) is 19.0 Å². The average molecular weight is 257 g/mol. The summed E-state index contributed by atoms with van der Waals surface area (Å²) in [6, 6.07) is 10.0. The number of nitrogens with zero attached hydrogens (tertiary/aromatic N) is 2. The SMILES string of the molecule is COc1ccc(CN(C)c2cnccc2CN)cc1. The van der Waals surface area contributed by atoms with Gasteiger partial charge in [-0.15, -0.1) is 0 Å². The second-order valence-electron chi connectivity index (χ2n) is 4.41. The summed E-state index contributed by atoms with van der Waals surface area (Å²) in [5.41, 5.74) is 9.14. The zero-order chi connectivity index (χ0) is 13.7. The van der Waals surface area contributed by atoms with Gasteiger partial charge in [-0.1, -0.05) is 12.1 Å². The normalized spacial score (nSPS) is 10.3. The molecule has 4 nitrogen and oxygen atoms in total. The summed E-state index contributed by atoms with van der Waals surface area (Å²) in [5, 5.41) is 0. The maximum absolute atomic E-state index is 5.75. The number of pyridine rings is 1. The third-order valence-corrected chi connectivity index (χ3v) is 3.10. The lowest BCUT2D eigenvalue weighted by molar-refractivity contribution is 0.414. The molecule has 0 fully saturated rings. The van der Waals surface area contributed by atoms with Crippen LogP contribution in [-0.2, 0) is 13.1 Å². The van der Waals surface area contributed by atoms with Crippen molar-refractivity contribution in [1.82, 2.24) is 4.98 Å². The highest BCUT2D eigenvalue weighted by Crippen LogP contribution is 2.20. The Kier molecular flexibility index (Phi) is 4.36. The Bertz CT molecular complexity index is 525. The first-order valence-corrected chi connectivity index (χ1v) is 6.21. The number of hydrogen-bond donors (Lipinski definition) is 1. The van der Waals surface area contributed by atoms with Crippen LogP contribution < -0.4 is 15.4 Å². The maximum atomic E-state index is 5.75. The van der Waals surface area contributed by atoms with Crippen molar-refractivity contribution in [2.24, 2.45) is 5.73 Å². The lowest BCUT2D eigenvalue weighted by atomic mass is 10.1. The van der Waals surface area contributed by atoms with Crippen LogP contribution in [0.5, 0.6) is 5.75 Å². The van der Waals surface area contributed by atoms with E-state index in [-0.39, 0.29) is 0 Å². The lowest BCUT2D eigenvalue weighted by Crippen LogP contribution is -2.19. The van der Waals surface area contributed by atoms with Crippen molar-refractivity contribution >= 4 is 5.69 Å². The number of aromatic nitrogens is 1. The van der Waals surface area contributed by atoms with E-state index in [1.165, 1.54) is 5.56 Å². The molecular weight excluding hydrogens is 238 g/mol. The van der Waals surface area contributed by atoms with Gasteiger partial charge in [-0.05, 0) is 29.3 Å². The number of benzene rings is 1. The second-order valence-corrected chi connectivity index (χ2v) is 4.41. The summed E-state index contributed by atoms with van der Waals surface area (Å²) < 4.78 is 5.16. The monoisotopic (exact) mass is 257 g/mol. The smallest absolute Gasteiger partial charge is 0.118 e. The van der Waals surface area contributed by atoms with E-state index in [1.807, 2.05) is 31.4 Å². The first-order chi connectivity index (χ1) is 9.24. The minimum atomic E-state index is 0.519. The summed E-state index contributed by atoms with van der Waals surface area (Å²) in [4.78, 5) is 6.32. The first-order valence-electron chi connectivity index (χ1n) is 6.21. The van der Waals surface area contributed by atoms with Gasteiger partial charge in [-0.2, -0.15) is 0 Å². The topological polar surface area (TPSA) is 51.4 Å². The number of ether oxygens (including phenoxy) is 1. The van der Waals surface area contributed by atoms with E-state index in [9.17, 15) is 0 Å². The molecule has 0 bridgehead atoms. The fourth-order valence-electron chi connectivity index (χ4n) is 2.02. The molecule has 1 aromatic carbocycles. The summed E-state index contributed by atoms with van der Waals surface area (Å²) in [6.45, 7) is 1.33. The molecule has 1 aromatic heterocycles. The zero-order valence-electron chi connectivity index (χ0n) is 11.3. The molecule has 0 spiro atoms. The molecule has 2 N–H and O–H groups in total. The zero-order valence-corrected chi connectivity index (χ0v) is 11.3. The highest BCUT2D eigenvalue weighted by Gasteiger charge is 2.07. The molecular formula is C15H19N3O. The molecule has 0 amide bonds. The van der Waals surface area contributed by atoms with Crippen molar-refractivity contribution in [3.8, 4) is 5.75 Å². The van der Waals surface area contributed by atoms with Crippen LogP contribution in [0.15, 0.2) is 42.7 Å². The Morgan fingerprint density at radius 3 is 2.58 bits per heavy atom. The van der Waals surface area contributed by atoms with Crippen molar-refractivity contribution < 1.29 is 4.74 Å². The minimum Gasteiger partial charge on any atom is -0.497 e. The molecule has 1 heterocycles. The molecule has 0 atom stereocenters. The summed E-state index contributed by atoms with van der Waals surface area (Å²) >= 11 is 0. The van der Waals surface area contributed by atoms with Gasteiger partial charge in [-0.3, -0.25) is 4.98 Å². The highest BCUT2D eigenvalue weighted by molar-refractivity contribution is 5.51. The molecule has 100 valence electrons. The number of methoxy groups -OCH3 is 1. The fourth-order valence-corrected chi connectivity index (χ4v) is 2.02. The van der Waals surface area contributed by atoms with Crippen LogP contribution in [0.2, 0.25) is 0 Å². The molecule has 0 aliphatic rings. The predicted molar refractivity (Wildman–Crippen MR) is 77.2 cm³/mol. The van der Waals surface area contributed by atoms with Crippen molar-refractivity contribution in [3.63, 3.8) is 0 Å². The van der Waals surface area contributed by atoms with Gasteiger partial charge in [0.1, 0.15) is 5.75 Å². The van der Waals surface area contributed by atoms with Gasteiger partial charge < -0.3 is 15.4 Å². The molecule has 0 aliphatic carbocycles. The predicted octanol–water partition coefficient (Wildman–Crippen LogP) is 2.19. The third kappa shape index (κ3) is 3.23. The van der Waals surface area contributed by atoms with E-state index in [1.54, 1.807) is 13.3 Å². The van der Waals surface area contributed by atoms with Crippen LogP contribution in [0, 0.1) is 0 Å². The van der Waals surface area contributed by atoms with E-state index in [0.29, 0.717) is 6.54 Å². The van der Waals surface area contributed by atoms with Crippen molar-refractivity contribution in [2.75, 3.05) is 19.1 Å². The lowest BCUT2D eigenvalue weighted by Gasteiger charge is -2.21. The number of anilines is 1. The largest absolute Gasteiger partial charge is 0.497 e. The van der Waals surface area contributed by atoms with Crippen molar-refractivity contribution in [2.45, 2.75) is 13.1 Å². The highest BCUT2D eigenvalue weighted by atomic mass is 16.5. The Labute approximate surface area is 113 Å². The van der Waals surface area contributed by atoms with Gasteiger partial charge in [0.25, 0.3) is 0 Å². The standard InChI is InChI=1S/C15H19N3O/c1-18(15-10-17-8-7-13(15)9-16)11-12-3-5-14(19-2)6-4-12/h3-8,10H,9,11,16H2,1-2H3. The molecule has 0 saturated carbocycles. The Morgan fingerprint density at radius 2 is 1.95 bits per heavy atom. The number of nitrogens with two attached hydrogens (primary N) is 1. The molecule has 0 saturated heterocycles. The minimum absolute atomic E-state index is 0.519. The van der Waals surface area contributed by atoms with Crippen LogP contribution in [0.1, 0.15) is 11.1 Å². The third-order valence-electron chi connectivity index (χ3n) is 3.10. The van der Waals surface area contributed by atoms with Crippen LogP contribution in [0.25, 0.3) is 0 Å². The fraction of sp³-hybridized carbons (Fsp3) is 0.267. The maximum Gasteiger partial charge on any atom is 0.118 e. The second kappa shape index (κ2) is 6.20. The van der Waals surface area contributed by atoms with Crippen LogP contribution in [0.3, 0.4) is 0 Å². The molecule has 4 heteroatoms. The van der Waals surface area contributed by atoms with Gasteiger partial charge in [-0.25, -0.2) is 0 Å². The molecule has 0 unspecified atom stereocenters. The van der Waals surface area contributed by atoms with Gasteiger partial charge in [0, 0.05) is 26.3 Å². The molecule has 0 radical (unpaired) electrons. The first kappa shape index (κ1) is 13.4. The number of hydrogen-bond acceptors (Lipinski definition) is 4. The van der Waals surface area contributed by atoms with Crippen molar-refractivity contribution in [1.29, 1.82) is 0 Å². The van der Waals surface area contributed by atoms with Crippen LogP contribution in [0.4, 0.5) is 5.69 Å². The average Bonchev–Trinajstić information content (AvgIpc) is 2.48. The number of rotatable bonds is 5. The van der Waals surface area contributed by atoms with E-state index >= 15 is 0 Å². The Hall–Kier alpha value is -2.07. The summed E-state index contributed by atoms with van der Waals surface area (Å²) in [7, 11) is 3.71. The molecule has 2 rings (SSSR count). The van der Waals surface area contributed by atoms with Crippen LogP contribution >= 0.6 is 0 Å². The van der Waals surface area contributed by atoms with E-state index in [2.05, 4.69) is 22.0 Å². The summed E-state index contributed by atoms with van der Waals surface area (Å²) in [6.07, 6.45) is 3.62. The van der Waals surface area contributed by atoms with E-state index in [0.717, 1.165) is 23.5 Å². The molecule has 19 heavy (non-hydrogen) atoms. The quantitative estimate of drug-likeness (QED) is 0.892. The van der Waals surface area contributed by atoms with Crippen molar-refractivity contribution in [3.05, 3.63) is 53.9 Å². The van der Waals surface area contributed by atoms with Gasteiger partial charge in [0.15, 0.2) is 0 Å².